The highest BCUT2D eigenvalue weighted by Crippen LogP contribution is 2.35. The lowest BCUT2D eigenvalue weighted by Crippen LogP contribution is -2.14. The Morgan fingerprint density at radius 1 is 1.28 bits per heavy atom. The van der Waals surface area contributed by atoms with Gasteiger partial charge in [0.05, 0.1) is 12.4 Å². The number of aromatic nitrogens is 5. The third-order valence-electron chi connectivity index (χ3n) is 6.02. The number of thioether (sulfide) groups is 1. The number of carbonyl (C=O) groups excluding carboxylic acids is 1. The van der Waals surface area contributed by atoms with Crippen LogP contribution in [0.25, 0.3) is 0 Å². The highest BCUT2D eigenvalue weighted by molar-refractivity contribution is 7.99. The summed E-state index contributed by atoms with van der Waals surface area (Å²) >= 11 is 8.85. The first kappa shape index (κ1) is 26.6. The lowest BCUT2D eigenvalue weighted by atomic mass is 9.90. The lowest BCUT2D eigenvalue weighted by Gasteiger charge is -2.18. The van der Waals surface area contributed by atoms with E-state index >= 15 is 0 Å². The van der Waals surface area contributed by atoms with E-state index in [1.165, 1.54) is 42.4 Å². The van der Waals surface area contributed by atoms with Gasteiger partial charge in [-0.3, -0.25) is 10.1 Å². The Morgan fingerprint density at radius 3 is 2.89 bits per heavy atom. The van der Waals surface area contributed by atoms with Crippen molar-refractivity contribution in [3.05, 3.63) is 52.3 Å². The summed E-state index contributed by atoms with van der Waals surface area (Å²) < 4.78 is 7.88. The first-order valence-electron chi connectivity index (χ1n) is 12.2. The van der Waals surface area contributed by atoms with Gasteiger partial charge in [-0.25, -0.2) is 0 Å². The standard InChI is InChI=1S/C25H31ClN6O2S2/c1-3-13-32-21(10-7-14-34-20-12-11-19(26)15-17(20)2)28-31-25(32)35-16-22(33)27-24-30-29-23(36-24)18-8-5-4-6-9-18/h3,11-12,15,18H,1,4-10,13-14,16H2,2H3,(H,27,30,33). The van der Waals surface area contributed by atoms with Crippen LogP contribution in [0.4, 0.5) is 5.13 Å². The molecule has 1 N–H and O–H groups in total. The summed E-state index contributed by atoms with van der Waals surface area (Å²) in [6, 6.07) is 5.60. The maximum absolute atomic E-state index is 12.5. The van der Waals surface area contributed by atoms with Crippen LogP contribution in [0.1, 0.15) is 60.8 Å². The molecule has 1 amide bonds. The predicted octanol–water partition coefficient (Wildman–Crippen LogP) is 6.07. The van der Waals surface area contributed by atoms with Gasteiger partial charge in [-0.15, -0.1) is 27.0 Å². The Kier molecular flexibility index (Phi) is 9.77. The first-order valence-corrected chi connectivity index (χ1v) is 14.4. The van der Waals surface area contributed by atoms with Gasteiger partial charge in [-0.05, 0) is 49.9 Å². The molecule has 3 aromatic rings. The number of hydrogen-bond acceptors (Lipinski definition) is 8. The number of nitrogens with zero attached hydrogens (tertiary/aromatic N) is 5. The van der Waals surface area contributed by atoms with Crippen LogP contribution in [-0.2, 0) is 17.8 Å². The summed E-state index contributed by atoms with van der Waals surface area (Å²) in [6.45, 7) is 6.95. The van der Waals surface area contributed by atoms with Gasteiger partial charge in [-0.1, -0.05) is 60.0 Å². The van der Waals surface area contributed by atoms with Crippen LogP contribution in [0.15, 0.2) is 36.0 Å². The van der Waals surface area contributed by atoms with Crippen molar-refractivity contribution in [1.82, 2.24) is 25.0 Å². The van der Waals surface area contributed by atoms with Crippen molar-refractivity contribution in [2.75, 3.05) is 17.7 Å². The monoisotopic (exact) mass is 546 g/mol. The second-order valence-corrected chi connectivity index (χ2v) is 11.2. The summed E-state index contributed by atoms with van der Waals surface area (Å²) in [6.07, 6.45) is 9.39. The van der Waals surface area contributed by atoms with E-state index in [0.29, 0.717) is 40.8 Å². The topological polar surface area (TPSA) is 94.8 Å². The van der Waals surface area contributed by atoms with E-state index in [1.54, 1.807) is 6.08 Å². The van der Waals surface area contributed by atoms with Crippen LogP contribution in [0.2, 0.25) is 5.02 Å². The van der Waals surface area contributed by atoms with Crippen molar-refractivity contribution >= 4 is 45.7 Å². The normalized spacial score (nSPS) is 14.1. The number of amides is 1. The number of anilines is 1. The van der Waals surface area contributed by atoms with Crippen molar-refractivity contribution in [3.63, 3.8) is 0 Å². The minimum atomic E-state index is -0.132. The maximum atomic E-state index is 12.5. The van der Waals surface area contributed by atoms with Crippen LogP contribution in [0.5, 0.6) is 5.75 Å². The van der Waals surface area contributed by atoms with Crippen LogP contribution < -0.4 is 10.1 Å². The summed E-state index contributed by atoms with van der Waals surface area (Å²) in [5.74, 6) is 2.23. The van der Waals surface area contributed by atoms with E-state index in [9.17, 15) is 4.79 Å². The molecule has 36 heavy (non-hydrogen) atoms. The van der Waals surface area contributed by atoms with Crippen molar-refractivity contribution in [1.29, 1.82) is 0 Å². The van der Waals surface area contributed by atoms with E-state index in [-0.39, 0.29) is 11.7 Å². The molecular formula is C25H31ClN6O2S2. The molecule has 192 valence electrons. The molecule has 0 aliphatic heterocycles. The highest BCUT2D eigenvalue weighted by Gasteiger charge is 2.20. The predicted molar refractivity (Wildman–Crippen MR) is 145 cm³/mol. The molecule has 2 aromatic heterocycles. The largest absolute Gasteiger partial charge is 0.493 e. The molecular weight excluding hydrogens is 516 g/mol. The Morgan fingerprint density at radius 2 is 2.11 bits per heavy atom. The molecule has 1 fully saturated rings. The number of hydrogen-bond donors (Lipinski definition) is 1. The van der Waals surface area contributed by atoms with Gasteiger partial charge < -0.3 is 9.30 Å². The molecule has 0 bridgehead atoms. The molecule has 0 atom stereocenters. The van der Waals surface area contributed by atoms with Crippen molar-refractivity contribution in [2.45, 2.75) is 69.5 Å². The first-order chi connectivity index (χ1) is 17.5. The minimum absolute atomic E-state index is 0.132. The number of benzene rings is 1. The van der Waals surface area contributed by atoms with Gasteiger partial charge in [0.1, 0.15) is 16.6 Å². The maximum Gasteiger partial charge on any atom is 0.236 e. The Bertz CT molecular complexity index is 1180. The molecule has 0 unspecified atom stereocenters. The molecule has 0 saturated heterocycles. The number of ether oxygens (including phenoxy) is 1. The summed E-state index contributed by atoms with van der Waals surface area (Å²) in [5, 5.41) is 23.0. The van der Waals surface area contributed by atoms with E-state index in [2.05, 4.69) is 32.3 Å². The van der Waals surface area contributed by atoms with Crippen molar-refractivity contribution in [2.24, 2.45) is 0 Å². The fourth-order valence-corrected chi connectivity index (χ4v) is 6.12. The average molecular weight is 547 g/mol. The van der Waals surface area contributed by atoms with Gasteiger partial charge in [0, 0.05) is 23.9 Å². The average Bonchev–Trinajstić information content (AvgIpc) is 3.49. The van der Waals surface area contributed by atoms with Gasteiger partial charge in [0.25, 0.3) is 0 Å². The SMILES string of the molecule is C=CCn1c(CCCOc2ccc(Cl)cc2C)nnc1SCC(=O)Nc1nnc(C2CCCCC2)s1. The number of aryl methyl sites for hydroxylation is 2. The van der Waals surface area contributed by atoms with E-state index in [4.69, 9.17) is 16.3 Å². The Hall–Kier alpha value is -2.43. The quantitative estimate of drug-likeness (QED) is 0.167. The lowest BCUT2D eigenvalue weighted by molar-refractivity contribution is -0.113. The van der Waals surface area contributed by atoms with E-state index in [0.717, 1.165) is 41.4 Å². The Balaban J connectivity index is 1.26. The number of nitrogens with one attached hydrogen (secondary N) is 1. The van der Waals surface area contributed by atoms with Crippen molar-refractivity contribution in [3.8, 4) is 5.75 Å². The Labute approximate surface area is 224 Å². The van der Waals surface area contributed by atoms with E-state index < -0.39 is 0 Å². The molecule has 1 aromatic carbocycles. The van der Waals surface area contributed by atoms with Gasteiger partial charge >= 0.3 is 0 Å². The molecule has 4 rings (SSSR count). The number of halogens is 1. The molecule has 2 heterocycles. The van der Waals surface area contributed by atoms with Gasteiger partial charge in [-0.2, -0.15) is 0 Å². The number of rotatable bonds is 12. The molecule has 11 heteroatoms. The van der Waals surface area contributed by atoms with Crippen LogP contribution in [0.3, 0.4) is 0 Å². The summed E-state index contributed by atoms with van der Waals surface area (Å²) in [5.41, 5.74) is 1.01. The minimum Gasteiger partial charge on any atom is -0.493 e. The zero-order valence-corrected chi connectivity index (χ0v) is 22.8. The highest BCUT2D eigenvalue weighted by atomic mass is 35.5. The second-order valence-electron chi connectivity index (χ2n) is 8.78. The van der Waals surface area contributed by atoms with Crippen LogP contribution in [0, 0.1) is 6.92 Å². The van der Waals surface area contributed by atoms with E-state index in [1.807, 2.05) is 29.7 Å². The molecule has 0 spiro atoms. The molecule has 8 nitrogen and oxygen atoms in total. The van der Waals surface area contributed by atoms with Gasteiger partial charge in [0.2, 0.25) is 11.0 Å². The summed E-state index contributed by atoms with van der Waals surface area (Å²) in [7, 11) is 0. The smallest absolute Gasteiger partial charge is 0.236 e. The zero-order chi connectivity index (χ0) is 25.3. The fourth-order valence-electron chi connectivity index (χ4n) is 4.20. The second kappa shape index (κ2) is 13.2. The van der Waals surface area contributed by atoms with Crippen molar-refractivity contribution < 1.29 is 9.53 Å². The number of carbonyl (C=O) groups is 1. The molecule has 0 radical (unpaired) electrons. The van der Waals surface area contributed by atoms with Gasteiger partial charge in [0.15, 0.2) is 5.16 Å². The fraction of sp³-hybridized carbons (Fsp3) is 0.480. The molecule has 1 aliphatic rings. The third kappa shape index (κ3) is 7.30. The molecule has 1 aliphatic carbocycles. The third-order valence-corrected chi connectivity index (χ3v) is 8.22. The summed E-state index contributed by atoms with van der Waals surface area (Å²) in [4.78, 5) is 12.5. The number of allylic oxidation sites excluding steroid dienone is 1. The molecule has 1 saturated carbocycles. The zero-order valence-electron chi connectivity index (χ0n) is 20.4. The van der Waals surface area contributed by atoms with Crippen LogP contribution in [-0.4, -0.2) is 43.2 Å². The van der Waals surface area contributed by atoms with Crippen LogP contribution >= 0.6 is 34.7 Å².